The van der Waals surface area contributed by atoms with E-state index in [-0.39, 0.29) is 18.2 Å². The molecular formula is C16H25N3O4S. The molecule has 0 unspecified atom stereocenters. The van der Waals surface area contributed by atoms with Crippen molar-refractivity contribution in [3.8, 4) is 0 Å². The predicted octanol–water partition coefficient (Wildman–Crippen LogP) is 0.945. The first-order valence-electron chi connectivity index (χ1n) is 8.24. The van der Waals surface area contributed by atoms with Crippen LogP contribution in [0.25, 0.3) is 0 Å². The third kappa shape index (κ3) is 3.48. The van der Waals surface area contributed by atoms with E-state index in [0.29, 0.717) is 19.8 Å². The number of pyridine rings is 1. The summed E-state index contributed by atoms with van der Waals surface area (Å²) in [4.78, 5) is 4.43. The lowest BCUT2D eigenvalue weighted by atomic mass is 10.0. The van der Waals surface area contributed by atoms with Gasteiger partial charge in [0.2, 0.25) is 0 Å². The van der Waals surface area contributed by atoms with Crippen molar-refractivity contribution in [2.24, 2.45) is 0 Å². The van der Waals surface area contributed by atoms with Crippen LogP contribution in [0.3, 0.4) is 0 Å². The van der Waals surface area contributed by atoms with Gasteiger partial charge in [0.1, 0.15) is 6.10 Å². The van der Waals surface area contributed by atoms with Gasteiger partial charge in [-0.25, -0.2) is 0 Å². The Bertz CT molecular complexity index is 680. The van der Waals surface area contributed by atoms with E-state index in [1.54, 1.807) is 14.1 Å². The summed E-state index contributed by atoms with van der Waals surface area (Å²) in [5.41, 5.74) is 1.78. The number of hydrogen-bond acceptors (Lipinski definition) is 5. The minimum atomic E-state index is -3.48. The molecule has 2 fully saturated rings. The molecule has 2 saturated heterocycles. The Hall–Kier alpha value is -1.06. The van der Waals surface area contributed by atoms with Gasteiger partial charge in [0.05, 0.1) is 24.4 Å². The Labute approximate surface area is 143 Å². The number of aromatic nitrogens is 1. The molecule has 0 spiro atoms. The zero-order valence-electron chi connectivity index (χ0n) is 14.4. The fourth-order valence-electron chi connectivity index (χ4n) is 3.36. The molecule has 2 aliphatic rings. The summed E-state index contributed by atoms with van der Waals surface area (Å²) >= 11 is 0. The van der Waals surface area contributed by atoms with E-state index in [0.717, 1.165) is 24.2 Å². The van der Waals surface area contributed by atoms with Crippen LogP contribution in [0.4, 0.5) is 0 Å². The lowest BCUT2D eigenvalue weighted by Gasteiger charge is -2.32. The normalized spacial score (nSPS) is 28.2. The topological polar surface area (TPSA) is 72.0 Å². The Kier molecular flexibility index (Phi) is 5.22. The van der Waals surface area contributed by atoms with Gasteiger partial charge >= 0.3 is 0 Å². The van der Waals surface area contributed by atoms with Gasteiger partial charge in [0.15, 0.2) is 0 Å². The molecule has 0 N–H and O–H groups in total. The number of ether oxygens (including phenoxy) is 2. The molecule has 0 aliphatic carbocycles. The zero-order chi connectivity index (χ0) is 17.3. The molecule has 0 bridgehead atoms. The molecule has 3 heterocycles. The Morgan fingerprint density at radius 3 is 2.92 bits per heavy atom. The molecule has 2 aliphatic heterocycles. The summed E-state index contributed by atoms with van der Waals surface area (Å²) in [6, 6.07) is 5.64. The summed E-state index contributed by atoms with van der Waals surface area (Å²) < 4.78 is 39.8. The van der Waals surface area contributed by atoms with Crippen molar-refractivity contribution in [2.75, 3.05) is 27.2 Å². The summed E-state index contributed by atoms with van der Waals surface area (Å²) in [5, 5.41) is 0. The minimum absolute atomic E-state index is 0.151. The van der Waals surface area contributed by atoms with Crippen LogP contribution in [0.15, 0.2) is 18.2 Å². The second-order valence-electron chi connectivity index (χ2n) is 6.52. The molecule has 0 radical (unpaired) electrons. The molecule has 3 atom stereocenters. The van der Waals surface area contributed by atoms with E-state index >= 15 is 0 Å². The van der Waals surface area contributed by atoms with Crippen LogP contribution in [0, 0.1) is 6.92 Å². The standard InChI is InChI=1S/C16H25N3O4S/c1-12-6-4-7-13(17-12)11-23-15-10-19(24(20,21)18(2)3)14-8-5-9-22-16(14)15/h4,6-7,14-16H,5,8-11H2,1-3H3/t14-,15-,16+/m1/s1. The monoisotopic (exact) mass is 355 g/mol. The second kappa shape index (κ2) is 7.05. The lowest BCUT2D eigenvalue weighted by Crippen LogP contribution is -2.47. The molecule has 8 heteroatoms. The van der Waals surface area contributed by atoms with E-state index in [2.05, 4.69) is 4.98 Å². The van der Waals surface area contributed by atoms with E-state index in [1.807, 2.05) is 25.1 Å². The van der Waals surface area contributed by atoms with Gasteiger partial charge in [-0.15, -0.1) is 0 Å². The molecule has 7 nitrogen and oxygen atoms in total. The predicted molar refractivity (Wildman–Crippen MR) is 89.6 cm³/mol. The number of hydrogen-bond donors (Lipinski definition) is 0. The van der Waals surface area contributed by atoms with Crippen molar-refractivity contribution >= 4 is 10.2 Å². The fourth-order valence-corrected chi connectivity index (χ4v) is 4.68. The third-order valence-corrected chi connectivity index (χ3v) is 6.51. The molecule has 0 aromatic carbocycles. The number of rotatable bonds is 5. The highest BCUT2D eigenvalue weighted by Gasteiger charge is 2.49. The minimum Gasteiger partial charge on any atom is -0.374 e. The first-order chi connectivity index (χ1) is 11.4. The molecule has 1 aromatic heterocycles. The first-order valence-corrected chi connectivity index (χ1v) is 9.64. The molecular weight excluding hydrogens is 330 g/mol. The summed E-state index contributed by atoms with van der Waals surface area (Å²) in [6.07, 6.45) is 1.19. The maximum atomic E-state index is 12.6. The summed E-state index contributed by atoms with van der Waals surface area (Å²) in [6.45, 7) is 3.26. The maximum Gasteiger partial charge on any atom is 0.281 e. The van der Waals surface area contributed by atoms with E-state index in [4.69, 9.17) is 9.47 Å². The number of fused-ring (bicyclic) bond motifs is 1. The first kappa shape index (κ1) is 17.8. The van der Waals surface area contributed by atoms with Crippen molar-refractivity contribution in [1.29, 1.82) is 0 Å². The quantitative estimate of drug-likeness (QED) is 0.786. The molecule has 3 rings (SSSR count). The van der Waals surface area contributed by atoms with Gasteiger partial charge in [-0.1, -0.05) is 6.07 Å². The number of aryl methyl sites for hydroxylation is 1. The largest absolute Gasteiger partial charge is 0.374 e. The van der Waals surface area contributed by atoms with Crippen LogP contribution in [0.1, 0.15) is 24.2 Å². The molecule has 1 aromatic rings. The number of nitrogens with zero attached hydrogens (tertiary/aromatic N) is 3. The van der Waals surface area contributed by atoms with Crippen LogP contribution in [-0.4, -0.2) is 67.5 Å². The molecule has 0 saturated carbocycles. The highest BCUT2D eigenvalue weighted by Crippen LogP contribution is 2.33. The van der Waals surface area contributed by atoms with Crippen molar-refractivity contribution in [2.45, 2.75) is 44.6 Å². The summed E-state index contributed by atoms with van der Waals surface area (Å²) in [7, 11) is -0.370. The van der Waals surface area contributed by atoms with Gasteiger partial charge in [-0.05, 0) is 31.9 Å². The third-order valence-electron chi connectivity index (χ3n) is 4.58. The van der Waals surface area contributed by atoms with Crippen LogP contribution in [0.5, 0.6) is 0 Å². The molecule has 134 valence electrons. The van der Waals surface area contributed by atoms with E-state index in [9.17, 15) is 8.42 Å². The highest BCUT2D eigenvalue weighted by molar-refractivity contribution is 7.86. The lowest BCUT2D eigenvalue weighted by molar-refractivity contribution is -0.0807. The van der Waals surface area contributed by atoms with Crippen LogP contribution >= 0.6 is 0 Å². The molecule has 24 heavy (non-hydrogen) atoms. The van der Waals surface area contributed by atoms with Crippen LogP contribution in [0.2, 0.25) is 0 Å². The zero-order valence-corrected chi connectivity index (χ0v) is 15.2. The highest BCUT2D eigenvalue weighted by atomic mass is 32.2. The average Bonchev–Trinajstić information content (AvgIpc) is 2.92. The van der Waals surface area contributed by atoms with Gasteiger partial charge < -0.3 is 9.47 Å². The van der Waals surface area contributed by atoms with Crippen molar-refractivity contribution in [1.82, 2.24) is 13.6 Å². The van der Waals surface area contributed by atoms with Crippen LogP contribution < -0.4 is 0 Å². The second-order valence-corrected chi connectivity index (χ2v) is 8.62. The van der Waals surface area contributed by atoms with E-state index in [1.165, 1.54) is 8.61 Å². The summed E-state index contributed by atoms with van der Waals surface area (Å²) in [5.74, 6) is 0. The smallest absolute Gasteiger partial charge is 0.281 e. The van der Waals surface area contributed by atoms with Crippen molar-refractivity contribution in [3.05, 3.63) is 29.6 Å². The van der Waals surface area contributed by atoms with Gasteiger partial charge in [-0.2, -0.15) is 17.0 Å². The fraction of sp³-hybridized carbons (Fsp3) is 0.688. The van der Waals surface area contributed by atoms with Gasteiger partial charge in [0, 0.05) is 32.9 Å². The van der Waals surface area contributed by atoms with Gasteiger partial charge in [0.25, 0.3) is 10.2 Å². The van der Waals surface area contributed by atoms with Crippen molar-refractivity contribution in [3.63, 3.8) is 0 Å². The van der Waals surface area contributed by atoms with E-state index < -0.39 is 10.2 Å². The Morgan fingerprint density at radius 2 is 2.21 bits per heavy atom. The van der Waals surface area contributed by atoms with Crippen LogP contribution in [-0.2, 0) is 26.3 Å². The van der Waals surface area contributed by atoms with Gasteiger partial charge in [-0.3, -0.25) is 4.98 Å². The SMILES string of the molecule is Cc1cccc(CO[C@@H]2CN(S(=O)(=O)N(C)C)[C@@H]3CCCO[C@@H]32)n1. The Balaban J connectivity index is 1.74. The average molecular weight is 355 g/mol. The Morgan fingerprint density at radius 1 is 1.42 bits per heavy atom. The maximum absolute atomic E-state index is 12.6. The molecule has 0 amide bonds. The van der Waals surface area contributed by atoms with Crippen molar-refractivity contribution < 1.29 is 17.9 Å².